The molecule has 0 atom stereocenters. The van der Waals surface area contributed by atoms with Gasteiger partial charge >= 0.3 is 5.97 Å². The van der Waals surface area contributed by atoms with Gasteiger partial charge in [-0.2, -0.15) is 8.42 Å². The van der Waals surface area contributed by atoms with E-state index in [0.29, 0.717) is 27.8 Å². The minimum atomic E-state index is -4.25. The first-order valence-electron chi connectivity index (χ1n) is 7.56. The van der Waals surface area contributed by atoms with E-state index in [1.807, 2.05) is 0 Å². The summed E-state index contributed by atoms with van der Waals surface area (Å²) in [5.74, 6) is -1.53. The summed E-state index contributed by atoms with van der Waals surface area (Å²) in [6, 6.07) is 0. The second-order valence-corrected chi connectivity index (χ2v) is 6.78. The summed E-state index contributed by atoms with van der Waals surface area (Å²) in [5.41, 5.74) is 2.91. The third kappa shape index (κ3) is 5.20. The van der Waals surface area contributed by atoms with E-state index in [4.69, 9.17) is 48.5 Å². The maximum absolute atomic E-state index is 12.5. The minimum absolute atomic E-state index is 0.0138. The molecular formula is C14H15B5O5S. The lowest BCUT2D eigenvalue weighted by molar-refractivity contribution is 0.0526. The SMILES string of the molecule is [B]Cc1c(C[B])c(C[B])c(C(=O)OCCS(=O)(=O)O)c(C[B])c1C[B]. The number of ether oxygens (including phenoxy) is 1. The highest BCUT2D eigenvalue weighted by atomic mass is 32.2. The lowest BCUT2D eigenvalue weighted by atomic mass is 9.70. The molecule has 0 unspecified atom stereocenters. The van der Waals surface area contributed by atoms with Gasteiger partial charge < -0.3 is 4.74 Å². The summed E-state index contributed by atoms with van der Waals surface area (Å²) in [4.78, 5) is 12.5. The van der Waals surface area contributed by atoms with Gasteiger partial charge in [-0.05, 0) is 11.1 Å². The fourth-order valence-corrected chi connectivity index (χ4v) is 3.07. The molecule has 0 fully saturated rings. The zero-order valence-corrected chi connectivity index (χ0v) is 14.6. The molecule has 122 valence electrons. The molecule has 0 aliphatic carbocycles. The van der Waals surface area contributed by atoms with Crippen LogP contribution in [0.25, 0.3) is 0 Å². The van der Waals surface area contributed by atoms with Crippen LogP contribution in [0.5, 0.6) is 0 Å². The van der Waals surface area contributed by atoms with Gasteiger partial charge in [0.1, 0.15) is 12.4 Å². The standard InChI is InChI=1S/C14H15B5O5S/c15-3-8-9(4-16)11(6-18)13(12(7-19)10(8)5-17)14(20)24-1-2-25(21,22)23/h1-7H2,(H,21,22,23). The van der Waals surface area contributed by atoms with Crippen LogP contribution in [0.3, 0.4) is 0 Å². The van der Waals surface area contributed by atoms with Gasteiger partial charge in [-0.15, -0.1) is 0 Å². The van der Waals surface area contributed by atoms with Crippen molar-refractivity contribution in [2.75, 3.05) is 12.4 Å². The van der Waals surface area contributed by atoms with Gasteiger partial charge in [-0.1, -0.05) is 48.3 Å². The topological polar surface area (TPSA) is 80.7 Å². The Morgan fingerprint density at radius 3 is 1.48 bits per heavy atom. The van der Waals surface area contributed by atoms with Crippen LogP contribution in [0.15, 0.2) is 0 Å². The lowest BCUT2D eigenvalue weighted by Gasteiger charge is -2.24. The number of hydrogen-bond acceptors (Lipinski definition) is 4. The first-order chi connectivity index (χ1) is 11.7. The monoisotopic (exact) mass is 350 g/mol. The fraction of sp³-hybridized carbons (Fsp3) is 0.500. The van der Waals surface area contributed by atoms with E-state index in [0.717, 1.165) is 0 Å². The lowest BCUT2D eigenvalue weighted by Crippen LogP contribution is -2.21. The summed E-state index contributed by atoms with van der Waals surface area (Å²) in [5, 5.41) is 0. The highest BCUT2D eigenvalue weighted by Crippen LogP contribution is 2.30. The van der Waals surface area contributed by atoms with Crippen LogP contribution in [0, 0.1) is 0 Å². The summed E-state index contributed by atoms with van der Waals surface area (Å²) >= 11 is 0. The van der Waals surface area contributed by atoms with Gasteiger partial charge in [-0.25, -0.2) is 4.79 Å². The molecule has 0 bridgehead atoms. The zero-order valence-electron chi connectivity index (χ0n) is 13.8. The maximum Gasteiger partial charge on any atom is 0.338 e. The molecule has 1 N–H and O–H groups in total. The summed E-state index contributed by atoms with van der Waals surface area (Å²) in [7, 11) is 24.7. The van der Waals surface area contributed by atoms with Crippen LogP contribution in [-0.4, -0.2) is 70.5 Å². The van der Waals surface area contributed by atoms with Gasteiger partial charge in [0.25, 0.3) is 10.1 Å². The molecule has 0 spiro atoms. The Balaban J connectivity index is 3.48. The Bertz CT molecular complexity index is 703. The second-order valence-electron chi connectivity index (χ2n) is 5.21. The normalized spacial score (nSPS) is 11.4. The van der Waals surface area contributed by atoms with Gasteiger partial charge in [-0.3, -0.25) is 4.55 Å². The van der Waals surface area contributed by atoms with Crippen molar-refractivity contribution in [1.29, 1.82) is 0 Å². The Morgan fingerprint density at radius 1 is 0.800 bits per heavy atom. The van der Waals surface area contributed by atoms with E-state index in [2.05, 4.69) is 0 Å². The molecule has 5 nitrogen and oxygen atoms in total. The predicted molar refractivity (Wildman–Crippen MR) is 100 cm³/mol. The Kier molecular flexibility index (Phi) is 8.41. The molecule has 0 saturated carbocycles. The van der Waals surface area contributed by atoms with Crippen LogP contribution in [-0.2, 0) is 46.5 Å². The molecule has 10 radical (unpaired) electrons. The van der Waals surface area contributed by atoms with Crippen LogP contribution >= 0.6 is 0 Å². The molecule has 1 aromatic rings. The molecule has 11 heteroatoms. The molecule has 0 heterocycles. The largest absolute Gasteiger partial charge is 0.461 e. The first-order valence-corrected chi connectivity index (χ1v) is 9.17. The smallest absolute Gasteiger partial charge is 0.338 e. The third-order valence-electron chi connectivity index (χ3n) is 3.86. The average molecular weight is 349 g/mol. The molecule has 0 aromatic heterocycles. The van der Waals surface area contributed by atoms with Crippen molar-refractivity contribution in [3.05, 3.63) is 33.4 Å². The van der Waals surface area contributed by atoms with Crippen LogP contribution < -0.4 is 0 Å². The molecule has 0 saturated heterocycles. The summed E-state index contributed by atoms with van der Waals surface area (Å²) < 4.78 is 35.2. The summed E-state index contributed by atoms with van der Waals surface area (Å²) in [6.45, 7) is -0.514. The van der Waals surface area contributed by atoms with Crippen LogP contribution in [0.4, 0.5) is 0 Å². The fourth-order valence-electron chi connectivity index (χ4n) is 2.78. The van der Waals surface area contributed by atoms with Crippen molar-refractivity contribution in [2.24, 2.45) is 0 Å². The van der Waals surface area contributed by atoms with Crippen LogP contribution in [0.1, 0.15) is 38.2 Å². The number of hydrogen-bond donors (Lipinski definition) is 1. The predicted octanol–water partition coefficient (Wildman–Crippen LogP) is -0.926. The van der Waals surface area contributed by atoms with E-state index in [-0.39, 0.29) is 37.2 Å². The molecule has 0 aliphatic heterocycles. The van der Waals surface area contributed by atoms with Gasteiger partial charge in [0.2, 0.25) is 0 Å². The number of esters is 1. The third-order valence-corrected chi connectivity index (χ3v) is 4.54. The van der Waals surface area contributed by atoms with Crippen molar-refractivity contribution >= 4 is 55.3 Å². The van der Waals surface area contributed by atoms with Crippen molar-refractivity contribution in [3.63, 3.8) is 0 Å². The van der Waals surface area contributed by atoms with E-state index >= 15 is 0 Å². The molecule has 1 rings (SSSR count). The van der Waals surface area contributed by atoms with E-state index in [1.54, 1.807) is 0 Å². The van der Waals surface area contributed by atoms with Crippen molar-refractivity contribution in [2.45, 2.75) is 31.6 Å². The number of rotatable bonds is 9. The van der Waals surface area contributed by atoms with Gasteiger partial charge in [0.15, 0.2) is 0 Å². The molecule has 0 amide bonds. The number of benzene rings is 1. The molecule has 25 heavy (non-hydrogen) atoms. The Hall–Kier alpha value is -1.08. The van der Waals surface area contributed by atoms with E-state index in [1.165, 1.54) is 0 Å². The number of carbonyl (C=O) groups excluding carboxylic acids is 1. The molecule has 1 aromatic carbocycles. The maximum atomic E-state index is 12.5. The summed E-state index contributed by atoms with van der Waals surface area (Å²) in [6.07, 6.45) is 0.293. The average Bonchev–Trinajstić information content (AvgIpc) is 2.57. The number of carbonyl (C=O) groups is 1. The highest BCUT2D eigenvalue weighted by Gasteiger charge is 2.24. The van der Waals surface area contributed by atoms with Crippen molar-refractivity contribution < 1.29 is 22.5 Å². The van der Waals surface area contributed by atoms with Crippen LogP contribution in [0.2, 0.25) is 0 Å². The second kappa shape index (κ2) is 9.57. The van der Waals surface area contributed by atoms with Crippen molar-refractivity contribution in [3.8, 4) is 0 Å². The molecular weight excluding hydrogens is 334 g/mol. The van der Waals surface area contributed by atoms with E-state index < -0.39 is 28.4 Å². The quantitative estimate of drug-likeness (QED) is 0.354. The minimum Gasteiger partial charge on any atom is -0.461 e. The van der Waals surface area contributed by atoms with Crippen molar-refractivity contribution in [1.82, 2.24) is 0 Å². The highest BCUT2D eigenvalue weighted by molar-refractivity contribution is 7.85. The van der Waals surface area contributed by atoms with Gasteiger partial charge in [0.05, 0.1) is 44.8 Å². The van der Waals surface area contributed by atoms with E-state index in [9.17, 15) is 13.2 Å². The Morgan fingerprint density at radius 2 is 1.16 bits per heavy atom. The molecule has 0 aliphatic rings. The Labute approximate surface area is 155 Å². The zero-order chi connectivity index (χ0) is 19.2. The van der Waals surface area contributed by atoms with Gasteiger partial charge in [0, 0.05) is 0 Å². The first kappa shape index (κ1) is 22.0.